The number of piperidine rings is 1. The van der Waals surface area contributed by atoms with E-state index in [9.17, 15) is 9.90 Å². The third kappa shape index (κ3) is 4.48. The van der Waals surface area contributed by atoms with Gasteiger partial charge in [-0.15, -0.1) is 0 Å². The molecule has 24 heavy (non-hydrogen) atoms. The van der Waals surface area contributed by atoms with E-state index in [4.69, 9.17) is 4.74 Å². The lowest BCUT2D eigenvalue weighted by atomic mass is 10.0. The number of aliphatic hydroxyl groups is 1. The first-order valence-electron chi connectivity index (χ1n) is 9.01. The molecule has 1 N–H and O–H groups in total. The standard InChI is InChI=1S/C19H28N2O3/c1-15-6-8-18(9-7-15)24-14-17(22)13-20-10-2-4-16(12-20)21-11-3-5-19(21)23/h6-9,16-17,22H,2-5,10-14H2,1H3. The molecule has 0 saturated carbocycles. The quantitative estimate of drug-likeness (QED) is 0.863. The summed E-state index contributed by atoms with van der Waals surface area (Å²) in [4.78, 5) is 16.2. The average molecular weight is 332 g/mol. The SMILES string of the molecule is Cc1ccc(OCC(O)CN2CCCC(N3CCCC3=O)C2)cc1. The Bertz CT molecular complexity index is 546. The van der Waals surface area contributed by atoms with Gasteiger partial charge in [-0.3, -0.25) is 9.69 Å². The number of hydrogen-bond acceptors (Lipinski definition) is 4. The normalized spacial score (nSPS) is 23.5. The molecule has 0 radical (unpaired) electrons. The lowest BCUT2D eigenvalue weighted by molar-refractivity contribution is -0.130. The fourth-order valence-electron chi connectivity index (χ4n) is 3.68. The summed E-state index contributed by atoms with van der Waals surface area (Å²) < 4.78 is 5.67. The van der Waals surface area contributed by atoms with Gasteiger partial charge < -0.3 is 14.7 Å². The summed E-state index contributed by atoms with van der Waals surface area (Å²) in [7, 11) is 0. The van der Waals surface area contributed by atoms with E-state index in [2.05, 4.69) is 4.90 Å². The Balaban J connectivity index is 1.44. The number of carbonyl (C=O) groups is 1. The number of rotatable bonds is 6. The van der Waals surface area contributed by atoms with Crippen molar-refractivity contribution < 1.29 is 14.6 Å². The fraction of sp³-hybridized carbons (Fsp3) is 0.632. The van der Waals surface area contributed by atoms with E-state index in [1.807, 2.05) is 36.1 Å². The largest absolute Gasteiger partial charge is 0.491 e. The maximum Gasteiger partial charge on any atom is 0.222 e. The number of aryl methyl sites for hydroxylation is 1. The van der Waals surface area contributed by atoms with Crippen LogP contribution in [0.5, 0.6) is 5.75 Å². The Hall–Kier alpha value is -1.59. The third-order valence-corrected chi connectivity index (χ3v) is 4.96. The van der Waals surface area contributed by atoms with Crippen molar-refractivity contribution >= 4 is 5.91 Å². The van der Waals surface area contributed by atoms with E-state index in [1.165, 1.54) is 5.56 Å². The number of ether oxygens (including phenoxy) is 1. The minimum absolute atomic E-state index is 0.296. The average Bonchev–Trinajstić information content (AvgIpc) is 3.01. The van der Waals surface area contributed by atoms with Crippen LogP contribution in [-0.2, 0) is 4.79 Å². The highest BCUT2D eigenvalue weighted by atomic mass is 16.5. The smallest absolute Gasteiger partial charge is 0.222 e. The first kappa shape index (κ1) is 17.2. The summed E-state index contributed by atoms with van der Waals surface area (Å²) in [6.45, 7) is 5.69. The molecule has 132 valence electrons. The highest BCUT2D eigenvalue weighted by molar-refractivity contribution is 5.78. The molecule has 2 heterocycles. The number of β-amino-alcohol motifs (C(OH)–C–C–N with tert-alkyl or cyclic N) is 1. The highest BCUT2D eigenvalue weighted by Gasteiger charge is 2.31. The summed E-state index contributed by atoms with van der Waals surface area (Å²) in [5.74, 6) is 1.09. The van der Waals surface area contributed by atoms with Crippen molar-refractivity contribution in [3.63, 3.8) is 0 Å². The lowest BCUT2D eigenvalue weighted by Gasteiger charge is -2.38. The molecule has 0 bridgehead atoms. The highest BCUT2D eigenvalue weighted by Crippen LogP contribution is 2.21. The molecule has 2 unspecified atom stereocenters. The molecule has 2 saturated heterocycles. The van der Waals surface area contributed by atoms with E-state index in [0.29, 0.717) is 31.5 Å². The van der Waals surface area contributed by atoms with Gasteiger partial charge in [-0.25, -0.2) is 0 Å². The topological polar surface area (TPSA) is 53.0 Å². The van der Waals surface area contributed by atoms with Gasteiger partial charge in [0.1, 0.15) is 18.5 Å². The van der Waals surface area contributed by atoms with Crippen molar-refractivity contribution in [3.05, 3.63) is 29.8 Å². The van der Waals surface area contributed by atoms with E-state index >= 15 is 0 Å². The summed E-state index contributed by atoms with van der Waals surface area (Å²) >= 11 is 0. The Morgan fingerprint density at radius 2 is 2.04 bits per heavy atom. The third-order valence-electron chi connectivity index (χ3n) is 4.96. The van der Waals surface area contributed by atoms with Crippen LogP contribution in [-0.4, -0.2) is 65.7 Å². The van der Waals surface area contributed by atoms with Crippen LogP contribution in [0.25, 0.3) is 0 Å². The zero-order chi connectivity index (χ0) is 16.9. The molecule has 0 aliphatic carbocycles. The molecule has 0 aromatic heterocycles. The first-order chi connectivity index (χ1) is 11.6. The maximum atomic E-state index is 11.9. The number of hydrogen-bond donors (Lipinski definition) is 1. The Morgan fingerprint density at radius 1 is 1.25 bits per heavy atom. The lowest BCUT2D eigenvalue weighted by Crippen LogP contribution is -2.50. The van der Waals surface area contributed by atoms with Gasteiger partial charge in [0, 0.05) is 32.1 Å². The zero-order valence-corrected chi connectivity index (χ0v) is 14.5. The van der Waals surface area contributed by atoms with Gasteiger partial charge in [-0.2, -0.15) is 0 Å². The van der Waals surface area contributed by atoms with Crippen molar-refractivity contribution in [2.24, 2.45) is 0 Å². The van der Waals surface area contributed by atoms with Crippen LogP contribution in [0.15, 0.2) is 24.3 Å². The van der Waals surface area contributed by atoms with Gasteiger partial charge in [0.05, 0.1) is 0 Å². The van der Waals surface area contributed by atoms with Crippen LogP contribution in [0, 0.1) is 6.92 Å². The van der Waals surface area contributed by atoms with Crippen LogP contribution >= 0.6 is 0 Å². The molecule has 1 amide bonds. The van der Waals surface area contributed by atoms with Gasteiger partial charge >= 0.3 is 0 Å². The van der Waals surface area contributed by atoms with Crippen LogP contribution in [0.4, 0.5) is 0 Å². The molecule has 3 rings (SSSR count). The molecular weight excluding hydrogens is 304 g/mol. The number of aliphatic hydroxyl groups excluding tert-OH is 1. The zero-order valence-electron chi connectivity index (χ0n) is 14.5. The minimum Gasteiger partial charge on any atom is -0.491 e. The van der Waals surface area contributed by atoms with E-state index in [0.717, 1.165) is 44.6 Å². The van der Waals surface area contributed by atoms with Crippen molar-refractivity contribution in [3.8, 4) is 5.75 Å². The van der Waals surface area contributed by atoms with Crippen LogP contribution in [0.2, 0.25) is 0 Å². The summed E-state index contributed by atoms with van der Waals surface area (Å²) in [5.41, 5.74) is 1.19. The molecule has 0 spiro atoms. The minimum atomic E-state index is -0.515. The second-order valence-electron chi connectivity index (χ2n) is 7.02. The molecule has 5 nitrogen and oxygen atoms in total. The molecule has 2 aliphatic rings. The number of benzene rings is 1. The molecule has 5 heteroatoms. The van der Waals surface area contributed by atoms with Gasteiger partial charge in [0.25, 0.3) is 0 Å². The van der Waals surface area contributed by atoms with Crippen molar-refractivity contribution in [1.29, 1.82) is 0 Å². The summed E-state index contributed by atoms with van der Waals surface area (Å²) in [5, 5.41) is 10.3. The van der Waals surface area contributed by atoms with Crippen molar-refractivity contribution in [2.45, 2.75) is 44.8 Å². The first-order valence-corrected chi connectivity index (χ1v) is 9.01. The number of carbonyl (C=O) groups excluding carboxylic acids is 1. The second kappa shape index (κ2) is 7.99. The van der Waals surface area contributed by atoms with Crippen molar-refractivity contribution in [1.82, 2.24) is 9.80 Å². The Morgan fingerprint density at radius 3 is 2.75 bits per heavy atom. The summed E-state index contributed by atoms with van der Waals surface area (Å²) in [6.07, 6.45) is 3.34. The molecule has 2 fully saturated rings. The fourth-order valence-corrected chi connectivity index (χ4v) is 3.68. The molecule has 1 aromatic carbocycles. The second-order valence-corrected chi connectivity index (χ2v) is 7.02. The number of nitrogens with zero attached hydrogens (tertiary/aromatic N) is 2. The molecule has 2 aliphatic heterocycles. The van der Waals surface area contributed by atoms with Gasteiger partial charge in [-0.1, -0.05) is 17.7 Å². The Kier molecular flexibility index (Phi) is 5.74. The summed E-state index contributed by atoms with van der Waals surface area (Å²) in [6, 6.07) is 8.18. The van der Waals surface area contributed by atoms with Gasteiger partial charge in [0.15, 0.2) is 0 Å². The molecular formula is C19H28N2O3. The number of likely N-dealkylation sites (tertiary alicyclic amines) is 2. The predicted molar refractivity (Wildman–Crippen MR) is 93.1 cm³/mol. The monoisotopic (exact) mass is 332 g/mol. The van der Waals surface area contributed by atoms with Crippen LogP contribution in [0.1, 0.15) is 31.2 Å². The van der Waals surface area contributed by atoms with E-state index in [1.54, 1.807) is 0 Å². The Labute approximate surface area is 144 Å². The van der Waals surface area contributed by atoms with E-state index < -0.39 is 6.10 Å². The van der Waals surface area contributed by atoms with Crippen molar-refractivity contribution in [2.75, 3.05) is 32.8 Å². The maximum absolute atomic E-state index is 11.9. The molecule has 1 aromatic rings. The predicted octanol–water partition coefficient (Wildman–Crippen LogP) is 1.82. The molecule has 2 atom stereocenters. The van der Waals surface area contributed by atoms with E-state index in [-0.39, 0.29) is 0 Å². The van der Waals surface area contributed by atoms with Gasteiger partial charge in [0.2, 0.25) is 5.91 Å². The van der Waals surface area contributed by atoms with Crippen LogP contribution in [0.3, 0.4) is 0 Å². The van der Waals surface area contributed by atoms with Gasteiger partial charge in [-0.05, 0) is 44.9 Å². The van der Waals surface area contributed by atoms with Crippen LogP contribution < -0.4 is 4.74 Å². The number of amides is 1.